The monoisotopic (exact) mass is 161 g/mol. The Morgan fingerprint density at radius 3 is 3.00 bits per heavy atom. The molecule has 0 spiro atoms. The first-order valence-corrected chi connectivity index (χ1v) is 3.68. The van der Waals surface area contributed by atoms with E-state index in [2.05, 4.69) is 5.32 Å². The molecule has 0 aromatic rings. The molecule has 0 radical (unpaired) electrons. The molecule has 0 amide bonds. The molecule has 0 saturated heterocycles. The van der Waals surface area contributed by atoms with Crippen molar-refractivity contribution in [2.75, 3.05) is 13.6 Å². The van der Waals surface area contributed by atoms with Crippen molar-refractivity contribution < 1.29 is 11.3 Å². The van der Waals surface area contributed by atoms with Crippen molar-refractivity contribution in [2.45, 2.75) is 25.3 Å². The zero-order chi connectivity index (χ0) is 9.40. The molecule has 0 aliphatic rings. The van der Waals surface area contributed by atoms with Gasteiger partial charge < -0.3 is 16.2 Å². The average molecular weight is 161 g/mol. The van der Waals surface area contributed by atoms with Crippen LogP contribution in [-0.2, 0) is 4.79 Å². The minimum atomic E-state index is -0.890. The van der Waals surface area contributed by atoms with Gasteiger partial charge in [0.25, 0.3) is 0 Å². The molecule has 0 rings (SSSR count). The lowest BCUT2D eigenvalue weighted by molar-refractivity contribution is -0.139. The van der Waals surface area contributed by atoms with Gasteiger partial charge in [0.15, 0.2) is 0 Å². The van der Waals surface area contributed by atoms with E-state index in [9.17, 15) is 4.79 Å². The third-order valence-electron chi connectivity index (χ3n) is 1.49. The fourth-order valence-electron chi connectivity index (χ4n) is 0.806. The van der Waals surface area contributed by atoms with Gasteiger partial charge in [0.1, 0.15) is 6.04 Å². The maximum atomic E-state index is 10.5. The summed E-state index contributed by atoms with van der Waals surface area (Å²) in [6.45, 7) is 0.590. The fourth-order valence-corrected chi connectivity index (χ4v) is 0.806. The standard InChI is InChI=1S/C7H16N2O2/c1-9-6(7(10)11)4-2-3-5-8/h6,9H,2-5,8H2,1H3,(H,10,11)/t6-/m0/s1/i1D. The van der Waals surface area contributed by atoms with E-state index in [1.165, 1.54) is 0 Å². The molecular weight excluding hydrogens is 144 g/mol. The lowest BCUT2D eigenvalue weighted by Crippen LogP contribution is -2.33. The first-order valence-electron chi connectivity index (χ1n) is 4.38. The summed E-state index contributed by atoms with van der Waals surface area (Å²) in [5.41, 5.74) is 5.26. The lowest BCUT2D eigenvalue weighted by Gasteiger charge is -2.09. The van der Waals surface area contributed by atoms with Gasteiger partial charge in [0, 0.05) is 1.37 Å². The topological polar surface area (TPSA) is 75.3 Å². The molecule has 0 unspecified atom stereocenters. The Morgan fingerprint density at radius 2 is 2.55 bits per heavy atom. The van der Waals surface area contributed by atoms with Gasteiger partial charge in [0.2, 0.25) is 0 Å². The molecule has 4 nitrogen and oxygen atoms in total. The number of carboxylic acid groups (broad SMARTS) is 1. The number of carboxylic acids is 1. The summed E-state index contributed by atoms with van der Waals surface area (Å²) in [6.07, 6.45) is 2.18. The van der Waals surface area contributed by atoms with Crippen molar-refractivity contribution in [2.24, 2.45) is 5.73 Å². The van der Waals surface area contributed by atoms with Crippen molar-refractivity contribution in [1.29, 1.82) is 0 Å². The Labute approximate surface area is 68.2 Å². The number of aliphatic carboxylic acids is 1. The van der Waals surface area contributed by atoms with Gasteiger partial charge in [-0.3, -0.25) is 4.79 Å². The second-order valence-corrected chi connectivity index (χ2v) is 2.38. The Bertz CT molecular complexity index is 133. The minimum Gasteiger partial charge on any atom is -0.480 e. The molecule has 11 heavy (non-hydrogen) atoms. The number of hydrogen-bond acceptors (Lipinski definition) is 3. The van der Waals surface area contributed by atoms with Crippen LogP contribution in [0.3, 0.4) is 0 Å². The van der Waals surface area contributed by atoms with Crippen molar-refractivity contribution >= 4 is 5.97 Å². The number of carbonyl (C=O) groups is 1. The number of hydrogen-bond donors (Lipinski definition) is 3. The molecule has 0 heterocycles. The third kappa shape index (κ3) is 4.75. The summed E-state index contributed by atoms with van der Waals surface area (Å²) in [7, 11) is -0.0560. The Morgan fingerprint density at radius 1 is 1.82 bits per heavy atom. The maximum Gasteiger partial charge on any atom is 0.320 e. The second-order valence-electron chi connectivity index (χ2n) is 2.38. The van der Waals surface area contributed by atoms with Crippen LogP contribution in [0.1, 0.15) is 20.6 Å². The zero-order valence-corrected chi connectivity index (χ0v) is 6.55. The SMILES string of the molecule is [2H]CN[C@@H](CCCCN)C(=O)O. The predicted molar refractivity (Wildman–Crippen MR) is 43.4 cm³/mol. The van der Waals surface area contributed by atoms with E-state index in [1.807, 2.05) is 0 Å². The zero-order valence-electron chi connectivity index (χ0n) is 7.55. The minimum absolute atomic E-state index is 0.0560. The summed E-state index contributed by atoms with van der Waals surface area (Å²) in [6, 6.07) is -0.589. The van der Waals surface area contributed by atoms with E-state index >= 15 is 0 Å². The molecule has 0 fully saturated rings. The molecule has 0 aromatic heterocycles. The molecule has 0 aliphatic carbocycles. The summed E-state index contributed by atoms with van der Waals surface area (Å²) < 4.78 is 6.81. The molecular formula is C7H16N2O2. The smallest absolute Gasteiger partial charge is 0.320 e. The van der Waals surface area contributed by atoms with E-state index in [-0.39, 0.29) is 7.02 Å². The quantitative estimate of drug-likeness (QED) is 0.471. The maximum absolute atomic E-state index is 10.5. The highest BCUT2D eigenvalue weighted by Crippen LogP contribution is 1.99. The summed E-state index contributed by atoms with van der Waals surface area (Å²) >= 11 is 0. The highest BCUT2D eigenvalue weighted by atomic mass is 16.4. The largest absolute Gasteiger partial charge is 0.480 e. The lowest BCUT2D eigenvalue weighted by atomic mass is 10.1. The van der Waals surface area contributed by atoms with E-state index in [0.29, 0.717) is 13.0 Å². The Hall–Kier alpha value is -0.610. The molecule has 0 bridgehead atoms. The van der Waals surface area contributed by atoms with Crippen LogP contribution in [0.25, 0.3) is 0 Å². The van der Waals surface area contributed by atoms with Crippen LogP contribution in [0.4, 0.5) is 0 Å². The second kappa shape index (κ2) is 6.12. The highest BCUT2D eigenvalue weighted by molar-refractivity contribution is 5.73. The number of likely N-dealkylation sites (N-methyl/N-ethyl adjacent to an activating group) is 1. The molecule has 66 valence electrons. The molecule has 0 aromatic carbocycles. The van der Waals surface area contributed by atoms with Gasteiger partial charge in [-0.25, -0.2) is 0 Å². The molecule has 4 N–H and O–H groups in total. The number of rotatable bonds is 6. The summed E-state index contributed by atoms with van der Waals surface area (Å²) in [5, 5.41) is 11.2. The van der Waals surface area contributed by atoms with E-state index < -0.39 is 12.0 Å². The van der Waals surface area contributed by atoms with Gasteiger partial charge >= 0.3 is 5.97 Å². The van der Waals surface area contributed by atoms with Gasteiger partial charge in [-0.15, -0.1) is 0 Å². The fraction of sp³-hybridized carbons (Fsp3) is 0.857. The van der Waals surface area contributed by atoms with Gasteiger partial charge in [-0.2, -0.15) is 0 Å². The first-order chi connectivity index (χ1) is 5.72. The Balaban J connectivity index is 3.56. The molecule has 0 aliphatic heterocycles. The number of unbranched alkanes of at least 4 members (excludes halogenated alkanes) is 1. The summed E-state index contributed by atoms with van der Waals surface area (Å²) in [5.74, 6) is -0.890. The average Bonchev–Trinajstić information content (AvgIpc) is 2.03. The van der Waals surface area contributed by atoms with E-state index in [1.54, 1.807) is 0 Å². The van der Waals surface area contributed by atoms with Crippen LogP contribution >= 0.6 is 0 Å². The van der Waals surface area contributed by atoms with Crippen molar-refractivity contribution in [3.8, 4) is 0 Å². The molecule has 4 heteroatoms. The van der Waals surface area contributed by atoms with Crippen LogP contribution in [0, 0.1) is 0 Å². The highest BCUT2D eigenvalue weighted by Gasteiger charge is 2.12. The van der Waals surface area contributed by atoms with Crippen LogP contribution in [0.15, 0.2) is 0 Å². The number of nitrogens with two attached hydrogens (primary N) is 1. The van der Waals surface area contributed by atoms with E-state index in [4.69, 9.17) is 12.2 Å². The van der Waals surface area contributed by atoms with Crippen LogP contribution < -0.4 is 11.1 Å². The van der Waals surface area contributed by atoms with Gasteiger partial charge in [-0.1, -0.05) is 6.42 Å². The van der Waals surface area contributed by atoms with Crippen LogP contribution in [0.5, 0.6) is 0 Å². The van der Waals surface area contributed by atoms with Crippen LogP contribution in [-0.4, -0.2) is 30.7 Å². The third-order valence-corrected chi connectivity index (χ3v) is 1.49. The van der Waals surface area contributed by atoms with Crippen molar-refractivity contribution in [3.05, 3.63) is 0 Å². The Kier molecular flexibility index (Phi) is 4.72. The van der Waals surface area contributed by atoms with Gasteiger partial charge in [0.05, 0.1) is 0 Å². The van der Waals surface area contributed by atoms with Crippen molar-refractivity contribution in [1.82, 2.24) is 5.32 Å². The first kappa shape index (κ1) is 8.49. The summed E-state index contributed by atoms with van der Waals surface area (Å²) in [4.78, 5) is 10.5. The normalized spacial score (nSPS) is 14.1. The van der Waals surface area contributed by atoms with E-state index in [0.717, 1.165) is 12.8 Å². The molecule has 0 saturated carbocycles. The predicted octanol–water partition coefficient (Wildman–Crippen LogP) is -0.212. The van der Waals surface area contributed by atoms with Gasteiger partial charge in [-0.05, 0) is 26.4 Å². The van der Waals surface area contributed by atoms with Crippen LogP contribution in [0.2, 0.25) is 0 Å². The number of nitrogens with one attached hydrogen (secondary N) is 1. The van der Waals surface area contributed by atoms with Crippen molar-refractivity contribution in [3.63, 3.8) is 0 Å². The molecule has 1 atom stereocenters.